The molecule has 0 spiro atoms. The average Bonchev–Trinajstić information content (AvgIpc) is 2.77. The van der Waals surface area contributed by atoms with Crippen LogP contribution in [0.25, 0.3) is 0 Å². The molecule has 1 N–H and O–H groups in total. The maximum Gasteiger partial charge on any atom is 0.409 e. The number of aromatic hydroxyl groups is 1. The van der Waals surface area contributed by atoms with Crippen LogP contribution in [0, 0.1) is 6.92 Å². The number of methoxy groups -OCH3 is 1. The third-order valence-corrected chi connectivity index (χ3v) is 5.96. The average molecular weight is 464 g/mol. The lowest BCUT2D eigenvalue weighted by Gasteiger charge is -2.39. The lowest BCUT2D eigenvalue weighted by molar-refractivity contribution is 0.0709. The number of carbonyl (C=O) groups is 1. The van der Waals surface area contributed by atoms with Crippen molar-refractivity contribution in [3.05, 3.63) is 62.5 Å². The van der Waals surface area contributed by atoms with Crippen molar-refractivity contribution in [2.24, 2.45) is 0 Å². The topological polar surface area (TPSA) is 84.2 Å². The van der Waals surface area contributed by atoms with Crippen molar-refractivity contribution in [2.75, 3.05) is 46.5 Å². The number of amides is 1. The van der Waals surface area contributed by atoms with Crippen molar-refractivity contribution in [2.45, 2.75) is 26.4 Å². The number of carbonyl (C=O) groups excluding carboxylic acids is 1. The van der Waals surface area contributed by atoms with Gasteiger partial charge >= 0.3 is 6.09 Å². The summed E-state index contributed by atoms with van der Waals surface area (Å²) in [5.74, 6) is -0.0473. The van der Waals surface area contributed by atoms with Gasteiger partial charge in [-0.1, -0.05) is 23.7 Å². The standard InChI is InChI=1S/C23H30ClN3O5/c1-4-32-23(30)26-11-9-25(10-12-26)21(17-5-7-18(24)8-6-17)20-19(28)15-16(2)27(22(20)29)13-14-31-3/h5-8,15,21,28H,4,9-14H2,1-3H3/t21-/m1/s1. The summed E-state index contributed by atoms with van der Waals surface area (Å²) in [5, 5.41) is 11.5. The Morgan fingerprint density at radius 2 is 1.84 bits per heavy atom. The van der Waals surface area contributed by atoms with Crippen LogP contribution in [-0.4, -0.2) is 72.1 Å². The number of nitrogens with zero attached hydrogens (tertiary/aromatic N) is 3. The summed E-state index contributed by atoms with van der Waals surface area (Å²) < 4.78 is 11.9. The van der Waals surface area contributed by atoms with E-state index in [4.69, 9.17) is 21.1 Å². The molecule has 1 fully saturated rings. The van der Waals surface area contributed by atoms with Crippen LogP contribution in [0.1, 0.15) is 29.8 Å². The molecule has 9 heteroatoms. The van der Waals surface area contributed by atoms with Crippen LogP contribution >= 0.6 is 11.6 Å². The Hall–Kier alpha value is -2.55. The van der Waals surface area contributed by atoms with Crippen LogP contribution < -0.4 is 5.56 Å². The first-order valence-electron chi connectivity index (χ1n) is 10.7. The summed E-state index contributed by atoms with van der Waals surface area (Å²) in [5.41, 5.74) is 1.55. The second-order valence-electron chi connectivity index (χ2n) is 7.71. The molecule has 2 heterocycles. The van der Waals surface area contributed by atoms with E-state index in [9.17, 15) is 14.7 Å². The van der Waals surface area contributed by atoms with Gasteiger partial charge in [0.15, 0.2) is 0 Å². The largest absolute Gasteiger partial charge is 0.507 e. The Balaban J connectivity index is 2.01. The Labute approximate surface area is 192 Å². The quantitative estimate of drug-likeness (QED) is 0.679. The molecule has 8 nitrogen and oxygen atoms in total. The molecule has 32 heavy (non-hydrogen) atoms. The van der Waals surface area contributed by atoms with Gasteiger partial charge in [0.25, 0.3) is 5.56 Å². The molecule has 174 valence electrons. The molecule has 0 bridgehead atoms. The first-order valence-corrected chi connectivity index (χ1v) is 11.1. The minimum Gasteiger partial charge on any atom is -0.507 e. The van der Waals surface area contributed by atoms with E-state index in [1.165, 1.54) is 0 Å². The Morgan fingerprint density at radius 1 is 1.19 bits per heavy atom. The lowest BCUT2D eigenvalue weighted by atomic mass is 9.96. The molecule has 1 aliphatic rings. The molecule has 0 aliphatic carbocycles. The molecular formula is C23H30ClN3O5. The molecule has 3 rings (SSSR count). The van der Waals surface area contributed by atoms with Crippen molar-refractivity contribution in [3.8, 4) is 5.75 Å². The van der Waals surface area contributed by atoms with Gasteiger partial charge in [0, 0.05) is 50.6 Å². The SMILES string of the molecule is CCOC(=O)N1CCN([C@H](c2ccc(Cl)cc2)c2c(O)cc(C)n(CCOC)c2=O)CC1. The van der Waals surface area contributed by atoms with Crippen molar-refractivity contribution in [1.82, 2.24) is 14.4 Å². The molecule has 0 radical (unpaired) electrons. The van der Waals surface area contributed by atoms with Gasteiger partial charge in [-0.3, -0.25) is 9.69 Å². The third kappa shape index (κ3) is 5.26. The Kier molecular flexibility index (Phi) is 8.17. The summed E-state index contributed by atoms with van der Waals surface area (Å²) in [6, 6.07) is 8.40. The minimum atomic E-state index is -0.487. The van der Waals surface area contributed by atoms with Gasteiger partial charge in [0.05, 0.1) is 24.8 Å². The molecule has 1 aromatic heterocycles. The van der Waals surface area contributed by atoms with E-state index in [1.807, 2.05) is 12.1 Å². The van der Waals surface area contributed by atoms with Crippen molar-refractivity contribution < 1.29 is 19.4 Å². The second-order valence-corrected chi connectivity index (χ2v) is 8.15. The zero-order chi connectivity index (χ0) is 23.3. The summed E-state index contributed by atoms with van der Waals surface area (Å²) >= 11 is 6.10. The molecule has 1 aromatic carbocycles. The maximum atomic E-state index is 13.5. The molecule has 2 aromatic rings. The first-order chi connectivity index (χ1) is 15.4. The Morgan fingerprint density at radius 3 is 2.44 bits per heavy atom. The van der Waals surface area contributed by atoms with E-state index in [1.54, 1.807) is 48.6 Å². The monoisotopic (exact) mass is 463 g/mol. The fourth-order valence-corrected chi connectivity index (χ4v) is 4.19. The van der Waals surface area contributed by atoms with Gasteiger partial charge in [0.2, 0.25) is 0 Å². The van der Waals surface area contributed by atoms with Gasteiger partial charge in [-0.2, -0.15) is 0 Å². The number of aromatic nitrogens is 1. The van der Waals surface area contributed by atoms with Crippen LogP contribution in [0.4, 0.5) is 4.79 Å². The van der Waals surface area contributed by atoms with E-state index in [2.05, 4.69) is 4.90 Å². The number of rotatable bonds is 7. The number of ether oxygens (including phenoxy) is 2. The van der Waals surface area contributed by atoms with E-state index in [0.29, 0.717) is 62.2 Å². The number of benzene rings is 1. The van der Waals surface area contributed by atoms with Gasteiger partial charge < -0.3 is 24.0 Å². The zero-order valence-corrected chi connectivity index (χ0v) is 19.5. The molecular weight excluding hydrogens is 434 g/mol. The van der Waals surface area contributed by atoms with Gasteiger partial charge in [-0.15, -0.1) is 0 Å². The van der Waals surface area contributed by atoms with Crippen molar-refractivity contribution in [1.29, 1.82) is 0 Å². The molecule has 1 amide bonds. The molecule has 1 aliphatic heterocycles. The van der Waals surface area contributed by atoms with Crippen LogP contribution in [-0.2, 0) is 16.0 Å². The normalized spacial score (nSPS) is 15.6. The highest BCUT2D eigenvalue weighted by molar-refractivity contribution is 6.30. The van der Waals surface area contributed by atoms with Gasteiger partial charge in [-0.25, -0.2) is 4.79 Å². The van der Waals surface area contributed by atoms with E-state index in [0.717, 1.165) is 5.56 Å². The lowest BCUT2D eigenvalue weighted by Crippen LogP contribution is -2.50. The van der Waals surface area contributed by atoms with E-state index >= 15 is 0 Å². The number of aryl methyl sites for hydroxylation is 1. The van der Waals surface area contributed by atoms with Crippen LogP contribution in [0.5, 0.6) is 5.75 Å². The summed E-state index contributed by atoms with van der Waals surface area (Å²) in [6.07, 6.45) is -0.338. The van der Waals surface area contributed by atoms with Crippen LogP contribution in [0.15, 0.2) is 35.1 Å². The third-order valence-electron chi connectivity index (χ3n) is 5.71. The predicted molar refractivity (Wildman–Crippen MR) is 122 cm³/mol. The van der Waals surface area contributed by atoms with E-state index in [-0.39, 0.29) is 17.4 Å². The highest BCUT2D eigenvalue weighted by atomic mass is 35.5. The highest BCUT2D eigenvalue weighted by Crippen LogP contribution is 2.33. The number of hydrogen-bond acceptors (Lipinski definition) is 6. The van der Waals surface area contributed by atoms with Crippen LogP contribution in [0.3, 0.4) is 0 Å². The van der Waals surface area contributed by atoms with E-state index < -0.39 is 6.04 Å². The summed E-state index contributed by atoms with van der Waals surface area (Å²) in [4.78, 5) is 29.4. The summed E-state index contributed by atoms with van der Waals surface area (Å²) in [6.45, 7) is 6.64. The number of pyridine rings is 1. The smallest absolute Gasteiger partial charge is 0.409 e. The Bertz CT molecular complexity index is 984. The number of piperazine rings is 1. The fourth-order valence-electron chi connectivity index (χ4n) is 4.07. The van der Waals surface area contributed by atoms with Gasteiger partial charge in [-0.05, 0) is 37.6 Å². The number of hydrogen-bond donors (Lipinski definition) is 1. The van der Waals surface area contributed by atoms with Crippen LogP contribution in [0.2, 0.25) is 5.02 Å². The predicted octanol–water partition coefficient (Wildman–Crippen LogP) is 3.03. The number of halogens is 1. The second kappa shape index (κ2) is 10.8. The summed E-state index contributed by atoms with van der Waals surface area (Å²) in [7, 11) is 1.58. The molecule has 0 unspecified atom stereocenters. The highest BCUT2D eigenvalue weighted by Gasteiger charge is 2.32. The van der Waals surface area contributed by atoms with Gasteiger partial charge in [0.1, 0.15) is 5.75 Å². The van der Waals surface area contributed by atoms with Crippen molar-refractivity contribution in [3.63, 3.8) is 0 Å². The zero-order valence-electron chi connectivity index (χ0n) is 18.7. The molecule has 1 atom stereocenters. The molecule has 0 saturated carbocycles. The fraction of sp³-hybridized carbons (Fsp3) is 0.478. The minimum absolute atomic E-state index is 0.0473. The first kappa shape index (κ1) is 24.1. The molecule has 1 saturated heterocycles. The maximum absolute atomic E-state index is 13.5. The van der Waals surface area contributed by atoms with Crippen molar-refractivity contribution >= 4 is 17.7 Å².